The summed E-state index contributed by atoms with van der Waals surface area (Å²) < 4.78 is 5.85. The number of aliphatic carboxylic acids is 1. The van der Waals surface area contributed by atoms with Crippen molar-refractivity contribution in [2.24, 2.45) is 5.92 Å². The van der Waals surface area contributed by atoms with Gasteiger partial charge in [0.05, 0.1) is 28.7 Å². The molecule has 0 aliphatic heterocycles. The number of aromatic nitrogens is 3. The Morgan fingerprint density at radius 2 is 1.56 bits per heavy atom. The third-order valence-electron chi connectivity index (χ3n) is 8.24. The van der Waals surface area contributed by atoms with Gasteiger partial charge in [-0.25, -0.2) is 14.8 Å². The molecule has 4 rings (SSSR count). The summed E-state index contributed by atoms with van der Waals surface area (Å²) in [7, 11) is 0. The lowest BCUT2D eigenvalue weighted by atomic mass is 10.0. The lowest BCUT2D eigenvalue weighted by Crippen LogP contribution is -2.58. The van der Waals surface area contributed by atoms with Gasteiger partial charge in [0.1, 0.15) is 36.8 Å². The number of ether oxygens (including phenoxy) is 1. The van der Waals surface area contributed by atoms with E-state index in [-0.39, 0.29) is 48.9 Å². The van der Waals surface area contributed by atoms with E-state index in [2.05, 4.69) is 41.5 Å². The third kappa shape index (κ3) is 14.0. The van der Waals surface area contributed by atoms with Crippen LogP contribution in [0.15, 0.2) is 61.1 Å². The summed E-state index contributed by atoms with van der Waals surface area (Å²) in [5, 5.41) is 50.7. The lowest BCUT2D eigenvalue weighted by molar-refractivity contribution is -0.140. The van der Waals surface area contributed by atoms with Crippen LogP contribution in [-0.4, -0.2) is 96.4 Å². The Labute approximate surface area is 330 Å². The molecule has 2 heterocycles. The molecule has 0 spiro atoms. The molecule has 0 aliphatic rings. The highest BCUT2D eigenvalue weighted by atomic mass is 32.1. The molecule has 0 saturated heterocycles. The second kappa shape index (κ2) is 21.0. The van der Waals surface area contributed by atoms with Crippen molar-refractivity contribution in [2.45, 2.75) is 83.0 Å². The van der Waals surface area contributed by atoms with Crippen molar-refractivity contribution < 1.29 is 48.8 Å². The summed E-state index contributed by atoms with van der Waals surface area (Å²) >= 11 is 1.08. The van der Waals surface area contributed by atoms with E-state index < -0.39 is 72.6 Å². The number of fused-ring (bicyclic) bond motifs is 1. The van der Waals surface area contributed by atoms with Gasteiger partial charge in [-0.1, -0.05) is 44.2 Å². The molecule has 0 aliphatic carbocycles. The maximum atomic E-state index is 13.8. The van der Waals surface area contributed by atoms with Crippen molar-refractivity contribution in [3.63, 3.8) is 0 Å². The zero-order valence-corrected chi connectivity index (χ0v) is 31.7. The van der Waals surface area contributed by atoms with E-state index in [0.717, 1.165) is 11.3 Å². The number of hydrogen-bond donors (Lipinski definition) is 9. The predicted molar refractivity (Wildman–Crippen MR) is 204 cm³/mol. The number of nitriles is 1. The zero-order chi connectivity index (χ0) is 41.5. The number of aliphatic hydroxyl groups is 2. The molecule has 57 heavy (non-hydrogen) atoms. The van der Waals surface area contributed by atoms with Gasteiger partial charge in [0.15, 0.2) is 11.3 Å². The Morgan fingerprint density at radius 3 is 2.21 bits per heavy atom. The summed E-state index contributed by atoms with van der Waals surface area (Å²) in [6, 6.07) is 9.63. The molecule has 0 saturated carbocycles. The summed E-state index contributed by atoms with van der Waals surface area (Å²) in [4.78, 5) is 90.0. The Morgan fingerprint density at radius 1 is 0.877 bits per heavy atom. The molecule has 2 aromatic carbocycles. The number of amides is 5. The average molecular weight is 806 g/mol. The SMILES string of the molecule is CC(C)CC(NC(=O)OCc1ccccc1)C(=O)NC(CCC(O)O)C(=O)NC(Cc1c[nH]cn1)C(=O)NC(CC(=O)O)C(=O)Nc1ccc2nc(C#N)sc2c1. The van der Waals surface area contributed by atoms with Crippen molar-refractivity contribution in [1.82, 2.24) is 36.2 Å². The molecule has 20 heteroatoms. The highest BCUT2D eigenvalue weighted by molar-refractivity contribution is 7.19. The number of aromatic amines is 1. The average Bonchev–Trinajstić information content (AvgIpc) is 3.84. The summed E-state index contributed by atoms with van der Waals surface area (Å²) in [5.74, 6) is -5.13. The van der Waals surface area contributed by atoms with Gasteiger partial charge in [0, 0.05) is 24.7 Å². The smallest absolute Gasteiger partial charge is 0.408 e. The quantitative estimate of drug-likeness (QED) is 0.0572. The molecule has 19 nitrogen and oxygen atoms in total. The highest BCUT2D eigenvalue weighted by Crippen LogP contribution is 2.25. The molecule has 302 valence electrons. The van der Waals surface area contributed by atoms with Gasteiger partial charge in [-0.2, -0.15) is 5.26 Å². The molecule has 0 fully saturated rings. The molecule has 4 atom stereocenters. The summed E-state index contributed by atoms with van der Waals surface area (Å²) in [5.41, 5.74) is 1.76. The second-order valence-corrected chi connectivity index (χ2v) is 14.3. The Kier molecular flexibility index (Phi) is 16.0. The molecule has 5 amide bonds. The molecule has 0 bridgehead atoms. The minimum absolute atomic E-state index is 0.0662. The number of anilines is 1. The fraction of sp³-hybridized carbons (Fsp3) is 0.378. The van der Waals surface area contributed by atoms with Gasteiger partial charge in [-0.15, -0.1) is 11.3 Å². The first-order valence-electron chi connectivity index (χ1n) is 17.8. The van der Waals surface area contributed by atoms with E-state index in [0.29, 0.717) is 21.5 Å². The van der Waals surface area contributed by atoms with Crippen LogP contribution in [0.1, 0.15) is 55.8 Å². The number of carboxylic acids is 1. The normalized spacial score (nSPS) is 13.1. The Balaban J connectivity index is 1.50. The first kappa shape index (κ1) is 43.3. The first-order chi connectivity index (χ1) is 27.2. The van der Waals surface area contributed by atoms with Crippen molar-refractivity contribution in [2.75, 3.05) is 5.32 Å². The van der Waals surface area contributed by atoms with Crippen LogP contribution in [0.2, 0.25) is 0 Å². The van der Waals surface area contributed by atoms with Crippen LogP contribution in [0.4, 0.5) is 10.5 Å². The van der Waals surface area contributed by atoms with Crippen LogP contribution < -0.4 is 26.6 Å². The molecule has 4 aromatic rings. The maximum absolute atomic E-state index is 13.8. The zero-order valence-electron chi connectivity index (χ0n) is 30.9. The summed E-state index contributed by atoms with van der Waals surface area (Å²) in [6.45, 7) is 3.55. The standard InChI is InChI=1S/C37H43N9O10S/c1-20(2)12-26(46-37(55)56-18-21-6-4-3-5-7-21)35(53)43-25(10-11-31(47)48)33(51)44-27(13-23-17-39-19-40-23)36(54)45-28(15-32(49)50)34(52)41-22-8-9-24-29(14-22)57-30(16-38)42-24/h3-9,14,17,19-20,25-28,31,47-48H,10-13,15,18H2,1-2H3,(H,39,40)(H,41,52)(H,43,53)(H,44,51)(H,45,54)(H,46,55)(H,49,50). The molecule has 2 aromatic heterocycles. The molecular formula is C37H43N9O10S. The molecular weight excluding hydrogens is 763 g/mol. The van der Waals surface area contributed by atoms with Gasteiger partial charge < -0.3 is 51.6 Å². The minimum Gasteiger partial charge on any atom is -0.481 e. The largest absolute Gasteiger partial charge is 0.481 e. The van der Waals surface area contributed by atoms with Gasteiger partial charge in [-0.05, 0) is 42.5 Å². The number of nitrogens with one attached hydrogen (secondary N) is 6. The van der Waals surface area contributed by atoms with Crippen LogP contribution in [0, 0.1) is 17.2 Å². The lowest BCUT2D eigenvalue weighted by Gasteiger charge is -2.26. The van der Waals surface area contributed by atoms with E-state index in [4.69, 9.17) is 10.00 Å². The fourth-order valence-electron chi connectivity index (χ4n) is 5.50. The minimum atomic E-state index is -1.86. The number of imidazole rings is 1. The van der Waals surface area contributed by atoms with Crippen molar-refractivity contribution in [3.05, 3.63) is 77.3 Å². The monoisotopic (exact) mass is 805 g/mol. The van der Waals surface area contributed by atoms with E-state index >= 15 is 0 Å². The van der Waals surface area contributed by atoms with Crippen LogP contribution in [0.25, 0.3) is 10.2 Å². The van der Waals surface area contributed by atoms with Crippen molar-refractivity contribution in [3.8, 4) is 6.07 Å². The third-order valence-corrected chi connectivity index (χ3v) is 9.16. The van der Waals surface area contributed by atoms with Gasteiger partial charge >= 0.3 is 12.1 Å². The van der Waals surface area contributed by atoms with Gasteiger partial charge in [0.2, 0.25) is 23.6 Å². The molecule has 4 unspecified atom stereocenters. The van der Waals surface area contributed by atoms with Crippen LogP contribution in [-0.2, 0) is 41.7 Å². The number of nitrogens with zero attached hydrogens (tertiary/aromatic N) is 3. The predicted octanol–water partition coefficient (Wildman–Crippen LogP) is 1.43. The maximum Gasteiger partial charge on any atom is 0.408 e. The number of carboxylic acid groups (broad SMARTS) is 1. The van der Waals surface area contributed by atoms with Crippen molar-refractivity contribution >= 4 is 62.9 Å². The van der Waals surface area contributed by atoms with Gasteiger partial charge in [0.25, 0.3) is 0 Å². The number of aliphatic hydroxyl groups excluding tert-OH is 1. The van der Waals surface area contributed by atoms with Gasteiger partial charge in [-0.3, -0.25) is 24.0 Å². The van der Waals surface area contributed by atoms with E-state index in [1.54, 1.807) is 42.5 Å². The van der Waals surface area contributed by atoms with E-state index in [1.807, 2.05) is 19.9 Å². The van der Waals surface area contributed by atoms with Crippen LogP contribution >= 0.6 is 11.3 Å². The topological polar surface area (TPSA) is 298 Å². The number of alkyl carbamates (subject to hydrolysis) is 1. The number of benzene rings is 2. The fourth-order valence-corrected chi connectivity index (χ4v) is 6.30. The number of hydrogen-bond acceptors (Lipinski definition) is 13. The number of rotatable bonds is 20. The molecule has 9 N–H and O–H groups in total. The van der Waals surface area contributed by atoms with E-state index in [1.165, 1.54) is 18.6 Å². The Hall–Kier alpha value is -6.43. The number of carbonyl (C=O) groups excluding carboxylic acids is 5. The van der Waals surface area contributed by atoms with Crippen LogP contribution in [0.5, 0.6) is 0 Å². The second-order valence-electron chi connectivity index (χ2n) is 13.3. The molecule has 0 radical (unpaired) electrons. The Bertz CT molecular complexity index is 2050. The number of thiazole rings is 1. The first-order valence-corrected chi connectivity index (χ1v) is 18.6. The van der Waals surface area contributed by atoms with E-state index in [9.17, 15) is 44.1 Å². The van der Waals surface area contributed by atoms with Crippen molar-refractivity contribution in [1.29, 1.82) is 5.26 Å². The van der Waals surface area contributed by atoms with Crippen LogP contribution in [0.3, 0.4) is 0 Å². The number of carbonyl (C=O) groups is 6. The highest BCUT2D eigenvalue weighted by Gasteiger charge is 2.33. The number of H-pyrrole nitrogens is 1. The summed E-state index contributed by atoms with van der Waals surface area (Å²) in [6.07, 6.45) is -1.62.